The van der Waals surface area contributed by atoms with E-state index in [1.807, 2.05) is 47.1 Å². The molecule has 152 valence electrons. The number of nitrogens with zero attached hydrogens (tertiary/aromatic N) is 4. The first kappa shape index (κ1) is 18.6. The molecule has 0 saturated carbocycles. The van der Waals surface area contributed by atoms with Gasteiger partial charge in [0.25, 0.3) is 5.91 Å². The maximum Gasteiger partial charge on any atom is 0.256 e. The molecule has 6 nitrogen and oxygen atoms in total. The lowest BCUT2D eigenvalue weighted by molar-refractivity contribution is 0.0303. The summed E-state index contributed by atoms with van der Waals surface area (Å²) in [5.41, 5.74) is 3.83. The lowest BCUT2D eigenvalue weighted by atomic mass is 9.99. The number of morpholine rings is 1. The van der Waals surface area contributed by atoms with Crippen LogP contribution in [0, 0.1) is 0 Å². The van der Waals surface area contributed by atoms with Gasteiger partial charge >= 0.3 is 0 Å². The lowest BCUT2D eigenvalue weighted by Gasteiger charge is -2.27. The van der Waals surface area contributed by atoms with Gasteiger partial charge in [0.15, 0.2) is 0 Å². The summed E-state index contributed by atoms with van der Waals surface area (Å²) >= 11 is 0. The van der Waals surface area contributed by atoms with E-state index in [9.17, 15) is 4.79 Å². The second-order valence-electron chi connectivity index (χ2n) is 7.63. The van der Waals surface area contributed by atoms with E-state index in [4.69, 9.17) is 4.74 Å². The number of aryl methyl sites for hydroxylation is 1. The van der Waals surface area contributed by atoms with Crippen LogP contribution in [-0.2, 0) is 18.3 Å². The molecule has 2 aromatic heterocycles. The Balaban J connectivity index is 1.66. The average molecular weight is 400 g/mol. The molecule has 6 heteroatoms. The molecule has 2 aromatic carbocycles. The zero-order valence-electron chi connectivity index (χ0n) is 17.0. The van der Waals surface area contributed by atoms with Gasteiger partial charge in [-0.3, -0.25) is 4.79 Å². The van der Waals surface area contributed by atoms with Crippen molar-refractivity contribution < 1.29 is 9.53 Å². The summed E-state index contributed by atoms with van der Waals surface area (Å²) in [6.45, 7) is 3.07. The van der Waals surface area contributed by atoms with Crippen LogP contribution in [0.4, 0.5) is 0 Å². The first-order chi connectivity index (χ1) is 14.7. The summed E-state index contributed by atoms with van der Waals surface area (Å²) in [5, 5.41) is 2.30. The first-order valence-electron chi connectivity index (χ1n) is 10.2. The van der Waals surface area contributed by atoms with Crippen molar-refractivity contribution in [1.82, 2.24) is 19.0 Å². The van der Waals surface area contributed by atoms with E-state index < -0.39 is 0 Å². The Morgan fingerprint density at radius 3 is 2.67 bits per heavy atom. The highest BCUT2D eigenvalue weighted by Crippen LogP contribution is 2.33. The predicted octanol–water partition coefficient (Wildman–Crippen LogP) is 3.56. The Labute approximate surface area is 175 Å². The summed E-state index contributed by atoms with van der Waals surface area (Å²) in [7, 11) is 1.99. The standard InChI is InChI=1S/C24H24N4O2/c1-26-17-25-15-19(26)16-28-10-9-22(24(29)27-11-13-30-14-12-27)23(28)21-8-4-6-18-5-2-3-7-20(18)21/h2-10,15,17H,11-14,16H2,1H3. The van der Waals surface area contributed by atoms with Crippen molar-refractivity contribution in [3.8, 4) is 11.3 Å². The number of aromatic nitrogens is 3. The second kappa shape index (κ2) is 7.80. The quantitative estimate of drug-likeness (QED) is 0.526. The molecular formula is C24H24N4O2. The zero-order valence-corrected chi connectivity index (χ0v) is 17.0. The van der Waals surface area contributed by atoms with Gasteiger partial charge in [-0.15, -0.1) is 0 Å². The number of imidazole rings is 1. The fraction of sp³-hybridized carbons (Fsp3) is 0.250. The average Bonchev–Trinajstić information content (AvgIpc) is 3.40. The molecular weight excluding hydrogens is 376 g/mol. The molecule has 1 fully saturated rings. The van der Waals surface area contributed by atoms with Crippen molar-refractivity contribution in [2.75, 3.05) is 26.3 Å². The monoisotopic (exact) mass is 400 g/mol. The van der Waals surface area contributed by atoms with Crippen molar-refractivity contribution >= 4 is 16.7 Å². The van der Waals surface area contributed by atoms with Gasteiger partial charge in [-0.25, -0.2) is 4.98 Å². The molecule has 0 atom stereocenters. The second-order valence-corrected chi connectivity index (χ2v) is 7.63. The van der Waals surface area contributed by atoms with Crippen LogP contribution in [-0.4, -0.2) is 51.2 Å². The van der Waals surface area contributed by atoms with Crippen molar-refractivity contribution in [2.24, 2.45) is 7.05 Å². The van der Waals surface area contributed by atoms with Crippen molar-refractivity contribution in [3.05, 3.63) is 78.5 Å². The predicted molar refractivity (Wildman–Crippen MR) is 116 cm³/mol. The summed E-state index contributed by atoms with van der Waals surface area (Å²) in [6.07, 6.45) is 5.68. The third-order valence-corrected chi connectivity index (χ3v) is 5.79. The number of hydrogen-bond acceptors (Lipinski definition) is 3. The fourth-order valence-corrected chi connectivity index (χ4v) is 4.16. The van der Waals surface area contributed by atoms with Crippen molar-refractivity contribution in [3.63, 3.8) is 0 Å². The van der Waals surface area contributed by atoms with Gasteiger partial charge in [-0.2, -0.15) is 0 Å². The molecule has 0 spiro atoms. The summed E-state index contributed by atoms with van der Waals surface area (Å²) in [6, 6.07) is 16.5. The highest BCUT2D eigenvalue weighted by atomic mass is 16.5. The number of benzene rings is 2. The Morgan fingerprint density at radius 1 is 1.07 bits per heavy atom. The smallest absolute Gasteiger partial charge is 0.256 e. The van der Waals surface area contributed by atoms with Crippen LogP contribution in [0.1, 0.15) is 16.1 Å². The minimum atomic E-state index is 0.0602. The molecule has 1 amide bonds. The highest BCUT2D eigenvalue weighted by Gasteiger charge is 2.25. The van der Waals surface area contributed by atoms with Crippen molar-refractivity contribution in [2.45, 2.75) is 6.54 Å². The van der Waals surface area contributed by atoms with Gasteiger partial charge < -0.3 is 18.8 Å². The van der Waals surface area contributed by atoms with Crippen LogP contribution in [0.5, 0.6) is 0 Å². The van der Waals surface area contributed by atoms with Crippen molar-refractivity contribution in [1.29, 1.82) is 0 Å². The van der Waals surface area contributed by atoms with E-state index in [-0.39, 0.29) is 5.91 Å². The fourth-order valence-electron chi connectivity index (χ4n) is 4.16. The molecule has 4 aromatic rings. The Bertz CT molecular complexity index is 1200. The first-order valence-corrected chi connectivity index (χ1v) is 10.2. The van der Waals surface area contributed by atoms with Gasteiger partial charge in [0.2, 0.25) is 0 Å². The van der Waals surface area contributed by atoms with Crippen LogP contribution in [0.25, 0.3) is 22.0 Å². The largest absolute Gasteiger partial charge is 0.378 e. The number of carbonyl (C=O) groups excluding carboxylic acids is 1. The molecule has 0 bridgehead atoms. The normalized spacial score (nSPS) is 14.4. The lowest BCUT2D eigenvalue weighted by Crippen LogP contribution is -2.40. The molecule has 3 heterocycles. The number of fused-ring (bicyclic) bond motifs is 1. The molecule has 30 heavy (non-hydrogen) atoms. The van der Waals surface area contributed by atoms with Crippen LogP contribution in [0.15, 0.2) is 67.3 Å². The van der Waals surface area contributed by atoms with E-state index in [2.05, 4.69) is 39.9 Å². The van der Waals surface area contributed by atoms with Gasteiger partial charge in [-0.05, 0) is 16.8 Å². The zero-order chi connectivity index (χ0) is 20.5. The van der Waals surface area contributed by atoms with Crippen LogP contribution in [0.2, 0.25) is 0 Å². The van der Waals surface area contributed by atoms with Gasteiger partial charge in [-0.1, -0.05) is 42.5 Å². The molecule has 0 aliphatic carbocycles. The third-order valence-electron chi connectivity index (χ3n) is 5.79. The Hall–Kier alpha value is -3.38. The SMILES string of the molecule is Cn1cncc1Cn1ccc(C(=O)N2CCOCC2)c1-c1cccc2ccccc12. The maximum absolute atomic E-state index is 13.5. The Morgan fingerprint density at radius 2 is 1.87 bits per heavy atom. The third kappa shape index (κ3) is 3.29. The van der Waals surface area contributed by atoms with Crippen LogP contribution in [0.3, 0.4) is 0 Å². The molecule has 1 aliphatic heterocycles. The summed E-state index contributed by atoms with van der Waals surface area (Å²) in [5.74, 6) is 0.0602. The molecule has 1 saturated heterocycles. The molecule has 1 aliphatic rings. The number of amides is 1. The molecule has 5 rings (SSSR count). The van der Waals surface area contributed by atoms with Gasteiger partial charge in [0.1, 0.15) is 0 Å². The number of carbonyl (C=O) groups is 1. The minimum Gasteiger partial charge on any atom is -0.378 e. The molecule has 0 radical (unpaired) electrons. The number of ether oxygens (including phenoxy) is 1. The van der Waals surface area contributed by atoms with E-state index in [0.717, 1.165) is 33.3 Å². The molecule has 0 unspecified atom stereocenters. The van der Waals surface area contributed by atoms with E-state index in [0.29, 0.717) is 32.8 Å². The van der Waals surface area contributed by atoms with E-state index in [1.165, 1.54) is 0 Å². The minimum absolute atomic E-state index is 0.0602. The highest BCUT2D eigenvalue weighted by molar-refractivity contribution is 6.05. The van der Waals surface area contributed by atoms with Gasteiger partial charge in [0, 0.05) is 38.1 Å². The van der Waals surface area contributed by atoms with Gasteiger partial charge in [0.05, 0.1) is 43.0 Å². The Kier molecular flexibility index (Phi) is 4.85. The topological polar surface area (TPSA) is 52.3 Å². The van der Waals surface area contributed by atoms with Crippen LogP contribution >= 0.6 is 0 Å². The molecule has 0 N–H and O–H groups in total. The summed E-state index contributed by atoms with van der Waals surface area (Å²) in [4.78, 5) is 19.6. The van der Waals surface area contributed by atoms with Crippen LogP contribution < -0.4 is 0 Å². The van der Waals surface area contributed by atoms with E-state index >= 15 is 0 Å². The maximum atomic E-state index is 13.5. The summed E-state index contributed by atoms with van der Waals surface area (Å²) < 4.78 is 9.61. The number of rotatable bonds is 4. The van der Waals surface area contributed by atoms with E-state index in [1.54, 1.807) is 6.33 Å². The number of hydrogen-bond donors (Lipinski definition) is 0.